The smallest absolute Gasteiger partial charge is 0.238 e. The predicted molar refractivity (Wildman–Crippen MR) is 118 cm³/mol. The molecule has 4 heteroatoms. The molecule has 1 saturated heterocycles. The zero-order valence-electron chi connectivity index (χ0n) is 17.5. The number of rotatable bonds is 3. The van der Waals surface area contributed by atoms with Gasteiger partial charge >= 0.3 is 0 Å². The number of aryl methyl sites for hydroxylation is 1. The molecule has 0 radical (unpaired) electrons. The maximum Gasteiger partial charge on any atom is 0.238 e. The maximum absolute atomic E-state index is 13.7. The number of hydrogen-bond acceptors (Lipinski definition) is 3. The van der Waals surface area contributed by atoms with Gasteiger partial charge in [0.15, 0.2) is 0 Å². The average molecular weight is 409 g/mol. The molecule has 2 bridgehead atoms. The summed E-state index contributed by atoms with van der Waals surface area (Å²) in [5.74, 6) is -0.303. The van der Waals surface area contributed by atoms with E-state index in [1.807, 2.05) is 43.3 Å². The van der Waals surface area contributed by atoms with E-state index >= 15 is 0 Å². The molecule has 154 valence electrons. The quantitative estimate of drug-likeness (QED) is 0.585. The van der Waals surface area contributed by atoms with Gasteiger partial charge < -0.3 is 4.74 Å². The summed E-state index contributed by atoms with van der Waals surface area (Å²) in [4.78, 5) is 28.9. The minimum Gasteiger partial charge on any atom is -0.494 e. The molecule has 0 N–H and O–H groups in total. The first kappa shape index (κ1) is 18.4. The van der Waals surface area contributed by atoms with Crippen LogP contribution in [0.2, 0.25) is 0 Å². The van der Waals surface area contributed by atoms with Crippen molar-refractivity contribution in [3.8, 4) is 5.75 Å². The molecule has 0 unspecified atom stereocenters. The molecule has 1 heterocycles. The minimum absolute atomic E-state index is 0.0778. The van der Waals surface area contributed by atoms with Crippen LogP contribution in [0.4, 0.5) is 5.69 Å². The summed E-state index contributed by atoms with van der Waals surface area (Å²) in [5, 5.41) is 0. The third-order valence-corrected chi connectivity index (χ3v) is 7.10. The molecule has 2 amide bonds. The van der Waals surface area contributed by atoms with Gasteiger partial charge in [-0.25, -0.2) is 4.90 Å². The number of nitrogens with zero attached hydrogens (tertiary/aromatic N) is 1. The standard InChI is InChI=1S/C27H23NO3/c1-3-31-17-11-9-16(10-12-17)28-26(29)24-22-18-6-4-5-7-19(18)23(25(24)27(28)30)21-14-15(2)8-13-20(21)22/h4-14,22-25H,3H2,1-2H3/t22-,23-,24-,25-/m1/s1. The van der Waals surface area contributed by atoms with Crippen LogP contribution in [-0.4, -0.2) is 18.4 Å². The highest BCUT2D eigenvalue weighted by molar-refractivity contribution is 6.23. The summed E-state index contributed by atoms with van der Waals surface area (Å²) in [6.07, 6.45) is 0. The second-order valence-electron chi connectivity index (χ2n) is 8.71. The number of carbonyl (C=O) groups is 2. The van der Waals surface area contributed by atoms with Crippen LogP contribution in [0, 0.1) is 18.8 Å². The van der Waals surface area contributed by atoms with Gasteiger partial charge in [0.1, 0.15) is 5.75 Å². The second-order valence-corrected chi connectivity index (χ2v) is 8.71. The number of carbonyl (C=O) groups excluding carboxylic acids is 2. The molecule has 1 fully saturated rings. The first-order valence-corrected chi connectivity index (χ1v) is 10.9. The van der Waals surface area contributed by atoms with Crippen molar-refractivity contribution in [2.75, 3.05) is 11.5 Å². The largest absolute Gasteiger partial charge is 0.494 e. The Morgan fingerprint density at radius 3 is 1.97 bits per heavy atom. The van der Waals surface area contributed by atoms with Crippen molar-refractivity contribution < 1.29 is 14.3 Å². The highest BCUT2D eigenvalue weighted by Crippen LogP contribution is 2.61. The normalized spacial score (nSPS) is 25.3. The number of ether oxygens (including phenoxy) is 1. The summed E-state index contributed by atoms with van der Waals surface area (Å²) in [6, 6.07) is 22.1. The fourth-order valence-electron chi connectivity index (χ4n) is 5.96. The van der Waals surface area contributed by atoms with Gasteiger partial charge in [-0.3, -0.25) is 9.59 Å². The summed E-state index contributed by atoms with van der Waals surface area (Å²) >= 11 is 0. The Labute approximate surface area is 181 Å². The van der Waals surface area contributed by atoms with Gasteiger partial charge in [-0.1, -0.05) is 48.0 Å². The Balaban J connectivity index is 1.50. The molecule has 4 nitrogen and oxygen atoms in total. The lowest BCUT2D eigenvalue weighted by Gasteiger charge is -2.46. The number of imide groups is 1. The molecule has 0 spiro atoms. The summed E-state index contributed by atoms with van der Waals surface area (Å²) in [6.45, 7) is 4.59. The SMILES string of the molecule is CCOc1ccc(N2C(=O)[C@@H]3[C@@H]4c5ccccc5[C@H](c5cc(C)ccc54)[C@H]3C2=O)cc1. The fourth-order valence-corrected chi connectivity index (χ4v) is 5.96. The van der Waals surface area contributed by atoms with E-state index in [-0.39, 0.29) is 35.5 Å². The first-order chi connectivity index (χ1) is 15.1. The molecular weight excluding hydrogens is 386 g/mol. The van der Waals surface area contributed by atoms with E-state index in [1.165, 1.54) is 32.7 Å². The van der Waals surface area contributed by atoms with E-state index in [0.29, 0.717) is 12.3 Å². The number of amides is 2. The van der Waals surface area contributed by atoms with Crippen LogP contribution in [-0.2, 0) is 9.59 Å². The van der Waals surface area contributed by atoms with Crippen LogP contribution in [0.25, 0.3) is 0 Å². The summed E-state index contributed by atoms with van der Waals surface area (Å²) in [5.41, 5.74) is 6.60. The molecule has 0 saturated carbocycles. The summed E-state index contributed by atoms with van der Waals surface area (Å²) in [7, 11) is 0. The number of anilines is 1. The van der Waals surface area contributed by atoms with E-state index in [1.54, 1.807) is 0 Å². The van der Waals surface area contributed by atoms with Crippen LogP contribution in [0.5, 0.6) is 5.75 Å². The Kier molecular flexibility index (Phi) is 3.88. The van der Waals surface area contributed by atoms with Crippen molar-refractivity contribution in [1.29, 1.82) is 0 Å². The van der Waals surface area contributed by atoms with E-state index in [0.717, 1.165) is 5.75 Å². The number of benzene rings is 3. The zero-order valence-corrected chi connectivity index (χ0v) is 17.5. The van der Waals surface area contributed by atoms with Gasteiger partial charge in [0, 0.05) is 11.8 Å². The Morgan fingerprint density at radius 1 is 0.774 bits per heavy atom. The molecule has 7 rings (SSSR count). The lowest BCUT2D eigenvalue weighted by atomic mass is 9.55. The number of hydrogen-bond donors (Lipinski definition) is 0. The van der Waals surface area contributed by atoms with E-state index < -0.39 is 0 Å². The van der Waals surface area contributed by atoms with Crippen LogP contribution in [0.1, 0.15) is 46.6 Å². The molecule has 1 aliphatic heterocycles. The third kappa shape index (κ3) is 2.42. The average Bonchev–Trinajstić information content (AvgIpc) is 3.05. The topological polar surface area (TPSA) is 46.6 Å². The van der Waals surface area contributed by atoms with E-state index in [9.17, 15) is 9.59 Å². The van der Waals surface area contributed by atoms with Crippen molar-refractivity contribution in [3.05, 3.63) is 94.5 Å². The third-order valence-electron chi connectivity index (χ3n) is 7.10. The van der Waals surface area contributed by atoms with E-state index in [2.05, 4.69) is 37.3 Å². The zero-order chi connectivity index (χ0) is 21.3. The highest BCUT2D eigenvalue weighted by Gasteiger charge is 2.61. The monoisotopic (exact) mass is 409 g/mol. The first-order valence-electron chi connectivity index (χ1n) is 10.9. The Bertz CT molecular complexity index is 1230. The molecule has 4 atom stereocenters. The van der Waals surface area contributed by atoms with Gasteiger partial charge in [0.25, 0.3) is 0 Å². The van der Waals surface area contributed by atoms with Crippen molar-refractivity contribution >= 4 is 17.5 Å². The lowest BCUT2D eigenvalue weighted by molar-refractivity contribution is -0.122. The minimum atomic E-state index is -0.353. The molecule has 3 aliphatic carbocycles. The summed E-state index contributed by atoms with van der Waals surface area (Å²) < 4.78 is 5.52. The molecule has 3 aromatic carbocycles. The molecular formula is C27H23NO3. The van der Waals surface area contributed by atoms with Gasteiger partial charge in [0.05, 0.1) is 24.1 Å². The van der Waals surface area contributed by atoms with Crippen molar-refractivity contribution in [1.82, 2.24) is 0 Å². The molecule has 4 aliphatic rings. The lowest BCUT2D eigenvalue weighted by Crippen LogP contribution is -2.41. The molecule has 0 aromatic heterocycles. The van der Waals surface area contributed by atoms with E-state index in [4.69, 9.17) is 4.74 Å². The van der Waals surface area contributed by atoms with Crippen LogP contribution in [0.3, 0.4) is 0 Å². The van der Waals surface area contributed by atoms with Crippen LogP contribution < -0.4 is 9.64 Å². The Hall–Kier alpha value is -3.40. The maximum atomic E-state index is 13.7. The fraction of sp³-hybridized carbons (Fsp3) is 0.259. The molecule has 31 heavy (non-hydrogen) atoms. The Morgan fingerprint density at radius 2 is 1.35 bits per heavy atom. The molecule has 3 aromatic rings. The van der Waals surface area contributed by atoms with Gasteiger partial charge in [0.2, 0.25) is 11.8 Å². The van der Waals surface area contributed by atoms with Gasteiger partial charge in [-0.2, -0.15) is 0 Å². The highest BCUT2D eigenvalue weighted by atomic mass is 16.5. The van der Waals surface area contributed by atoms with Crippen LogP contribution >= 0.6 is 0 Å². The van der Waals surface area contributed by atoms with Crippen molar-refractivity contribution in [3.63, 3.8) is 0 Å². The van der Waals surface area contributed by atoms with Crippen molar-refractivity contribution in [2.45, 2.75) is 25.7 Å². The van der Waals surface area contributed by atoms with Gasteiger partial charge in [-0.15, -0.1) is 0 Å². The predicted octanol–water partition coefficient (Wildman–Crippen LogP) is 4.79. The van der Waals surface area contributed by atoms with Gasteiger partial charge in [-0.05, 0) is 60.4 Å². The second kappa shape index (κ2) is 6.55. The van der Waals surface area contributed by atoms with Crippen molar-refractivity contribution in [2.24, 2.45) is 11.8 Å². The van der Waals surface area contributed by atoms with Crippen LogP contribution in [0.15, 0.2) is 66.7 Å².